The molecule has 1 fully saturated rings. The first-order valence-corrected chi connectivity index (χ1v) is 6.74. The molecule has 1 nitrogen and oxygen atoms in total. The van der Waals surface area contributed by atoms with Gasteiger partial charge in [0.1, 0.15) is 0 Å². The monoisotopic (exact) mass is 271 g/mol. The van der Waals surface area contributed by atoms with Gasteiger partial charge in [-0.2, -0.15) is 0 Å². The minimum atomic E-state index is 0.721. The smallest absolute Gasteiger partial charge is 0.0186 e. The van der Waals surface area contributed by atoms with Crippen molar-refractivity contribution in [2.45, 2.75) is 23.8 Å². The normalized spacial score (nSPS) is 21.4. The van der Waals surface area contributed by atoms with Gasteiger partial charge in [0.05, 0.1) is 0 Å². The molecule has 3 heteroatoms. The van der Waals surface area contributed by atoms with E-state index >= 15 is 0 Å². The maximum atomic E-state index is 3.51. The van der Waals surface area contributed by atoms with Crippen molar-refractivity contribution >= 4 is 27.7 Å². The second kappa shape index (κ2) is 5.19. The Labute approximate surface area is 97.8 Å². The molecule has 76 valence electrons. The van der Waals surface area contributed by atoms with E-state index in [2.05, 4.69) is 45.5 Å². The summed E-state index contributed by atoms with van der Waals surface area (Å²) < 4.78 is 1.17. The third kappa shape index (κ3) is 3.01. The molecule has 2 rings (SSSR count). The second-order valence-corrected chi connectivity index (χ2v) is 5.57. The maximum Gasteiger partial charge on any atom is 0.0186 e. The third-order valence-electron chi connectivity index (χ3n) is 2.41. The number of hydrogen-bond donors (Lipinski definition) is 1. The number of rotatable bonds is 3. The van der Waals surface area contributed by atoms with Gasteiger partial charge in [-0.25, -0.2) is 0 Å². The van der Waals surface area contributed by atoms with E-state index < -0.39 is 0 Å². The fraction of sp³-hybridized carbons (Fsp3) is 0.455. The van der Waals surface area contributed by atoms with Crippen LogP contribution in [0.15, 0.2) is 33.6 Å². The lowest BCUT2D eigenvalue weighted by Gasteiger charge is -2.09. The lowest BCUT2D eigenvalue weighted by Crippen LogP contribution is -2.23. The van der Waals surface area contributed by atoms with E-state index in [0.29, 0.717) is 0 Å². The average Bonchev–Trinajstić information content (AvgIpc) is 2.67. The Morgan fingerprint density at radius 2 is 2.43 bits per heavy atom. The predicted octanol–water partition coefficient (Wildman–Crippen LogP) is 3.29. The van der Waals surface area contributed by atoms with Crippen molar-refractivity contribution in [3.8, 4) is 0 Å². The lowest BCUT2D eigenvalue weighted by molar-refractivity contribution is 0.674. The SMILES string of the molecule is Brc1cccc(SC[C@@H]2CCCN2)c1. The second-order valence-electron chi connectivity index (χ2n) is 3.56. The quantitative estimate of drug-likeness (QED) is 0.847. The Balaban J connectivity index is 1.85. The summed E-state index contributed by atoms with van der Waals surface area (Å²) in [7, 11) is 0. The topological polar surface area (TPSA) is 12.0 Å². The molecular formula is C11H14BrNS. The van der Waals surface area contributed by atoms with E-state index in [9.17, 15) is 0 Å². The maximum absolute atomic E-state index is 3.51. The zero-order valence-corrected chi connectivity index (χ0v) is 10.4. The van der Waals surface area contributed by atoms with Crippen LogP contribution < -0.4 is 5.32 Å². The summed E-state index contributed by atoms with van der Waals surface area (Å²) in [5, 5.41) is 3.51. The van der Waals surface area contributed by atoms with Gasteiger partial charge in [0.15, 0.2) is 0 Å². The van der Waals surface area contributed by atoms with E-state index in [4.69, 9.17) is 0 Å². The molecule has 1 aromatic rings. The van der Waals surface area contributed by atoms with E-state index in [1.807, 2.05) is 11.8 Å². The highest BCUT2D eigenvalue weighted by atomic mass is 79.9. The summed E-state index contributed by atoms with van der Waals surface area (Å²) in [6, 6.07) is 9.23. The predicted molar refractivity (Wildman–Crippen MR) is 65.9 cm³/mol. The van der Waals surface area contributed by atoms with Crippen LogP contribution in [0.3, 0.4) is 0 Å². The summed E-state index contributed by atoms with van der Waals surface area (Å²) in [5.74, 6) is 1.19. The van der Waals surface area contributed by atoms with Crippen molar-refractivity contribution in [1.82, 2.24) is 5.32 Å². The molecule has 1 aromatic carbocycles. The van der Waals surface area contributed by atoms with Gasteiger partial charge in [0, 0.05) is 21.2 Å². The van der Waals surface area contributed by atoms with Gasteiger partial charge in [0.2, 0.25) is 0 Å². The first kappa shape index (κ1) is 10.5. The standard InChI is InChI=1S/C11H14BrNS/c12-9-3-1-5-11(7-9)14-8-10-4-2-6-13-10/h1,3,5,7,10,13H,2,4,6,8H2/t10-/m0/s1. The van der Waals surface area contributed by atoms with Crippen molar-refractivity contribution in [1.29, 1.82) is 0 Å². The number of halogens is 1. The zero-order valence-electron chi connectivity index (χ0n) is 8.00. The fourth-order valence-corrected chi connectivity index (χ4v) is 3.27. The van der Waals surface area contributed by atoms with Gasteiger partial charge in [-0.1, -0.05) is 22.0 Å². The van der Waals surface area contributed by atoms with E-state index in [0.717, 1.165) is 6.04 Å². The molecule has 1 heterocycles. The van der Waals surface area contributed by atoms with Crippen LogP contribution in [-0.2, 0) is 0 Å². The molecule has 1 N–H and O–H groups in total. The fourth-order valence-electron chi connectivity index (χ4n) is 1.65. The van der Waals surface area contributed by atoms with Gasteiger partial charge < -0.3 is 5.32 Å². The lowest BCUT2D eigenvalue weighted by atomic mass is 10.3. The molecule has 0 aliphatic carbocycles. The summed E-state index contributed by atoms with van der Waals surface area (Å²) >= 11 is 5.43. The molecule has 0 radical (unpaired) electrons. The van der Waals surface area contributed by atoms with Gasteiger partial charge >= 0.3 is 0 Å². The Bertz CT molecular complexity index is 297. The molecule has 0 unspecified atom stereocenters. The van der Waals surface area contributed by atoms with Crippen LogP contribution in [0, 0.1) is 0 Å². The molecule has 0 amide bonds. The van der Waals surface area contributed by atoms with E-state index in [1.165, 1.54) is 34.5 Å². The van der Waals surface area contributed by atoms with Crippen molar-refractivity contribution in [3.63, 3.8) is 0 Å². The highest BCUT2D eigenvalue weighted by Gasteiger charge is 2.13. The van der Waals surface area contributed by atoms with Gasteiger partial charge in [0.25, 0.3) is 0 Å². The number of benzene rings is 1. The molecule has 1 saturated heterocycles. The average molecular weight is 272 g/mol. The summed E-state index contributed by atoms with van der Waals surface area (Å²) in [6.07, 6.45) is 2.67. The van der Waals surface area contributed by atoms with Crippen molar-refractivity contribution in [2.24, 2.45) is 0 Å². The van der Waals surface area contributed by atoms with E-state index in [-0.39, 0.29) is 0 Å². The zero-order chi connectivity index (χ0) is 9.80. The van der Waals surface area contributed by atoms with Gasteiger partial charge in [-0.3, -0.25) is 0 Å². The molecule has 0 spiro atoms. The molecule has 0 bridgehead atoms. The minimum absolute atomic E-state index is 0.721. The van der Waals surface area contributed by atoms with Crippen molar-refractivity contribution < 1.29 is 0 Å². The molecule has 0 aromatic heterocycles. The molecule has 1 aliphatic rings. The summed E-state index contributed by atoms with van der Waals surface area (Å²) in [6.45, 7) is 1.20. The van der Waals surface area contributed by atoms with Crippen LogP contribution in [0.25, 0.3) is 0 Å². The van der Waals surface area contributed by atoms with Crippen molar-refractivity contribution in [2.75, 3.05) is 12.3 Å². The van der Waals surface area contributed by atoms with Gasteiger partial charge in [-0.05, 0) is 37.6 Å². The van der Waals surface area contributed by atoms with Crippen LogP contribution >= 0.6 is 27.7 Å². The largest absolute Gasteiger partial charge is 0.313 e. The third-order valence-corrected chi connectivity index (χ3v) is 4.06. The van der Waals surface area contributed by atoms with Crippen LogP contribution in [0.1, 0.15) is 12.8 Å². The molecule has 0 saturated carbocycles. The number of hydrogen-bond acceptors (Lipinski definition) is 2. The number of nitrogens with one attached hydrogen (secondary N) is 1. The van der Waals surface area contributed by atoms with Crippen LogP contribution in [0.4, 0.5) is 0 Å². The Hall–Kier alpha value is 0.01000. The van der Waals surface area contributed by atoms with Crippen LogP contribution in [0.2, 0.25) is 0 Å². The molecular weight excluding hydrogens is 258 g/mol. The summed E-state index contributed by atoms with van der Waals surface area (Å²) in [5.41, 5.74) is 0. The number of thioether (sulfide) groups is 1. The van der Waals surface area contributed by atoms with Crippen molar-refractivity contribution in [3.05, 3.63) is 28.7 Å². The first-order chi connectivity index (χ1) is 6.84. The molecule has 14 heavy (non-hydrogen) atoms. The minimum Gasteiger partial charge on any atom is -0.313 e. The van der Waals surface area contributed by atoms with Crippen LogP contribution in [-0.4, -0.2) is 18.3 Å². The Kier molecular flexibility index (Phi) is 3.90. The van der Waals surface area contributed by atoms with Gasteiger partial charge in [-0.15, -0.1) is 11.8 Å². The van der Waals surface area contributed by atoms with Crippen LogP contribution in [0.5, 0.6) is 0 Å². The summed E-state index contributed by atoms with van der Waals surface area (Å²) in [4.78, 5) is 1.35. The molecule has 1 atom stereocenters. The first-order valence-electron chi connectivity index (χ1n) is 4.96. The van der Waals surface area contributed by atoms with E-state index in [1.54, 1.807) is 0 Å². The highest BCUT2D eigenvalue weighted by Crippen LogP contribution is 2.24. The Morgan fingerprint density at radius 3 is 3.14 bits per heavy atom. The highest BCUT2D eigenvalue weighted by molar-refractivity contribution is 9.10. The Morgan fingerprint density at radius 1 is 1.50 bits per heavy atom. The molecule has 1 aliphatic heterocycles.